The number of fused-ring (bicyclic) bond motifs is 2. The van der Waals surface area contributed by atoms with Crippen LogP contribution in [0, 0.1) is 23.7 Å². The standard InChI is InChI=1S/C38H67N11O9S/c1-19(2)14-28(31(39)52)48-37(58)30(18-50)49-33(54)21(4)44-35(56)27(11-13-59-6)46-32(53)20(3)43-34(55)26(8-7-12-42-38(40)41)47-36(57)29(45-22(5)51)17-25-16-23-9-10-24(25)15-23/h19-21,23-30,50H,7-18H2,1-6H3,(H2,39,52)(H,43,55)(H,44,56)(H,45,51)(H,46,53)(H,47,57)(H,48,58)(H,49,54)(H4,40,41,42)/t20-,21-,23-,24+,25-,26-,27-,28-,29-,30-/m0/s1. The zero-order chi connectivity index (χ0) is 44.4. The molecule has 2 bridgehead atoms. The number of nitrogens with zero attached hydrogens (tertiary/aromatic N) is 1. The lowest BCUT2D eigenvalue weighted by atomic mass is 9.84. The van der Waals surface area contributed by atoms with Crippen LogP contribution in [0.15, 0.2) is 4.99 Å². The van der Waals surface area contributed by atoms with Crippen molar-refractivity contribution in [3.05, 3.63) is 0 Å². The summed E-state index contributed by atoms with van der Waals surface area (Å²) in [5, 5.41) is 27.8. The summed E-state index contributed by atoms with van der Waals surface area (Å²) in [5.41, 5.74) is 16.3. The third-order valence-electron chi connectivity index (χ3n) is 10.6. The number of thioether (sulfide) groups is 1. The van der Waals surface area contributed by atoms with Crippen LogP contribution < -0.4 is 54.4 Å². The van der Waals surface area contributed by atoms with E-state index < -0.39 is 90.3 Å². The first-order valence-corrected chi connectivity index (χ1v) is 21.7. The number of hydrogen-bond donors (Lipinski definition) is 11. The maximum atomic E-state index is 13.7. The topological polar surface area (TPSA) is 331 Å². The van der Waals surface area contributed by atoms with Crippen molar-refractivity contribution >= 4 is 65.0 Å². The molecule has 2 fully saturated rings. The van der Waals surface area contributed by atoms with Gasteiger partial charge in [-0.25, -0.2) is 0 Å². The van der Waals surface area contributed by atoms with E-state index in [1.165, 1.54) is 39.0 Å². The zero-order valence-corrected chi connectivity index (χ0v) is 36.0. The summed E-state index contributed by atoms with van der Waals surface area (Å²) in [6.45, 7) is 7.10. The van der Waals surface area contributed by atoms with Gasteiger partial charge in [-0.1, -0.05) is 20.3 Å². The van der Waals surface area contributed by atoms with Crippen LogP contribution >= 0.6 is 11.8 Å². The van der Waals surface area contributed by atoms with E-state index in [0.717, 1.165) is 19.3 Å². The fraction of sp³-hybridized carbons (Fsp3) is 0.763. The van der Waals surface area contributed by atoms with Crippen molar-refractivity contribution in [3.8, 4) is 0 Å². The molecule has 8 amide bonds. The van der Waals surface area contributed by atoms with Crippen LogP contribution in [0.1, 0.15) is 92.4 Å². The Bertz CT molecular complexity index is 1510. The summed E-state index contributed by atoms with van der Waals surface area (Å²) in [4.78, 5) is 108. The van der Waals surface area contributed by atoms with Crippen LogP contribution in [0.25, 0.3) is 0 Å². The van der Waals surface area contributed by atoms with E-state index >= 15 is 0 Å². The number of aliphatic imine (C=N–C) groups is 1. The lowest BCUT2D eigenvalue weighted by Gasteiger charge is -2.28. The number of nitrogens with one attached hydrogen (secondary N) is 7. The first-order valence-electron chi connectivity index (χ1n) is 20.3. The van der Waals surface area contributed by atoms with Crippen molar-refractivity contribution in [1.82, 2.24) is 37.2 Å². The molecular weight excluding hydrogens is 787 g/mol. The number of carbonyl (C=O) groups excluding carboxylic acids is 8. The van der Waals surface area contributed by atoms with E-state index in [4.69, 9.17) is 17.2 Å². The molecule has 0 unspecified atom stereocenters. The van der Waals surface area contributed by atoms with E-state index in [9.17, 15) is 43.5 Å². The molecule has 2 aliphatic rings. The predicted octanol–water partition coefficient (Wildman–Crippen LogP) is -2.40. The molecule has 0 heterocycles. The lowest BCUT2D eigenvalue weighted by Crippen LogP contribution is -2.59. The fourth-order valence-electron chi connectivity index (χ4n) is 7.53. The highest BCUT2D eigenvalue weighted by molar-refractivity contribution is 7.98. The van der Waals surface area contributed by atoms with Crippen LogP contribution in [-0.4, -0.2) is 126 Å². The van der Waals surface area contributed by atoms with E-state index in [2.05, 4.69) is 42.2 Å². The maximum Gasteiger partial charge on any atom is 0.245 e. The van der Waals surface area contributed by atoms with Gasteiger partial charge in [0, 0.05) is 13.5 Å². The molecule has 21 heteroatoms. The van der Waals surface area contributed by atoms with Gasteiger partial charge in [-0.3, -0.25) is 43.3 Å². The van der Waals surface area contributed by atoms with Crippen molar-refractivity contribution < 1.29 is 43.5 Å². The van der Waals surface area contributed by atoms with Crippen molar-refractivity contribution in [3.63, 3.8) is 0 Å². The molecule has 2 aliphatic carbocycles. The second-order valence-electron chi connectivity index (χ2n) is 16.1. The summed E-state index contributed by atoms with van der Waals surface area (Å²) in [5.74, 6) is -3.77. The molecule has 334 valence electrons. The Morgan fingerprint density at radius 1 is 0.678 bits per heavy atom. The molecule has 0 aliphatic heterocycles. The minimum Gasteiger partial charge on any atom is -0.394 e. The third kappa shape index (κ3) is 17.6. The Balaban J connectivity index is 2.10. The second-order valence-corrected chi connectivity index (χ2v) is 17.1. The number of nitrogens with two attached hydrogens (primary N) is 3. The van der Waals surface area contributed by atoms with Gasteiger partial charge < -0.3 is 59.5 Å². The predicted molar refractivity (Wildman–Crippen MR) is 223 cm³/mol. The smallest absolute Gasteiger partial charge is 0.245 e. The summed E-state index contributed by atoms with van der Waals surface area (Å²) in [6, 6.07) is -8.02. The van der Waals surface area contributed by atoms with E-state index in [0.29, 0.717) is 30.4 Å². The molecule has 14 N–H and O–H groups in total. The molecule has 59 heavy (non-hydrogen) atoms. The number of hydrogen-bond acceptors (Lipinski definition) is 11. The van der Waals surface area contributed by atoms with Gasteiger partial charge in [0.05, 0.1) is 6.61 Å². The Kier molecular flexibility index (Phi) is 21.5. The molecule has 0 aromatic rings. The van der Waals surface area contributed by atoms with Gasteiger partial charge in [-0.2, -0.15) is 11.8 Å². The van der Waals surface area contributed by atoms with Gasteiger partial charge in [0.1, 0.15) is 42.3 Å². The number of guanidine groups is 1. The highest BCUT2D eigenvalue weighted by atomic mass is 32.2. The Morgan fingerprint density at radius 3 is 1.68 bits per heavy atom. The average molecular weight is 854 g/mol. The quantitative estimate of drug-likeness (QED) is 0.0247. The number of aliphatic hydroxyl groups is 1. The molecule has 0 spiro atoms. The number of rotatable bonds is 26. The van der Waals surface area contributed by atoms with Gasteiger partial charge in [0.2, 0.25) is 47.3 Å². The van der Waals surface area contributed by atoms with Crippen LogP contribution in [0.5, 0.6) is 0 Å². The number of primary amides is 1. The Labute approximate surface area is 350 Å². The third-order valence-corrected chi connectivity index (χ3v) is 11.3. The molecule has 0 saturated heterocycles. The van der Waals surface area contributed by atoms with Gasteiger partial charge in [-0.05, 0) is 101 Å². The van der Waals surface area contributed by atoms with Crippen molar-refractivity contribution in [1.29, 1.82) is 0 Å². The van der Waals surface area contributed by atoms with E-state index in [1.807, 2.05) is 13.8 Å². The first-order chi connectivity index (χ1) is 27.7. The second kappa shape index (κ2) is 25.1. The summed E-state index contributed by atoms with van der Waals surface area (Å²) in [7, 11) is 0. The van der Waals surface area contributed by atoms with Crippen molar-refractivity contribution in [2.45, 2.75) is 135 Å². The van der Waals surface area contributed by atoms with Crippen LogP contribution in [0.3, 0.4) is 0 Å². The zero-order valence-electron chi connectivity index (χ0n) is 35.1. The molecule has 20 nitrogen and oxygen atoms in total. The normalized spacial score (nSPS) is 20.4. The molecule has 2 rings (SSSR count). The number of aliphatic hydroxyl groups excluding tert-OH is 1. The van der Waals surface area contributed by atoms with Gasteiger partial charge in [-0.15, -0.1) is 0 Å². The highest BCUT2D eigenvalue weighted by Gasteiger charge is 2.42. The summed E-state index contributed by atoms with van der Waals surface area (Å²) >= 11 is 1.41. The Morgan fingerprint density at radius 2 is 1.20 bits per heavy atom. The van der Waals surface area contributed by atoms with Gasteiger partial charge >= 0.3 is 0 Å². The van der Waals surface area contributed by atoms with Crippen molar-refractivity contribution in [2.75, 3.05) is 25.2 Å². The van der Waals surface area contributed by atoms with E-state index in [-0.39, 0.29) is 49.5 Å². The SMILES string of the molecule is CSCC[C@H](NC(=O)[C@H](C)NC(=O)[C@H](CCCN=C(N)N)NC(=O)[C@H](C[C@@H]1C[C@H]2CC[C@@H]1C2)NC(C)=O)C(=O)N[C@@H](C)C(=O)N[C@@H](CO)C(=O)N[C@@H](CC(C)C)C(N)=O. The van der Waals surface area contributed by atoms with E-state index in [1.54, 1.807) is 6.26 Å². The molecule has 2 saturated carbocycles. The largest absolute Gasteiger partial charge is 0.394 e. The van der Waals surface area contributed by atoms with Crippen LogP contribution in [-0.2, 0) is 38.4 Å². The maximum absolute atomic E-state index is 13.7. The highest BCUT2D eigenvalue weighted by Crippen LogP contribution is 2.49. The summed E-state index contributed by atoms with van der Waals surface area (Å²) in [6.07, 6.45) is 7.42. The minimum atomic E-state index is -1.45. The van der Waals surface area contributed by atoms with Crippen LogP contribution in [0.4, 0.5) is 0 Å². The Hall–Kier alpha value is -4.66. The van der Waals surface area contributed by atoms with Gasteiger partial charge in [0.25, 0.3) is 0 Å². The molecule has 0 aromatic carbocycles. The number of amides is 8. The van der Waals surface area contributed by atoms with Crippen molar-refractivity contribution in [2.24, 2.45) is 45.9 Å². The van der Waals surface area contributed by atoms with Gasteiger partial charge in [0.15, 0.2) is 5.96 Å². The molecule has 0 radical (unpaired) electrons. The summed E-state index contributed by atoms with van der Waals surface area (Å²) < 4.78 is 0. The molecule has 0 aromatic heterocycles. The number of carbonyl (C=O) groups is 8. The minimum absolute atomic E-state index is 0.0116. The van der Waals surface area contributed by atoms with Crippen LogP contribution in [0.2, 0.25) is 0 Å². The lowest BCUT2D eigenvalue weighted by molar-refractivity contribution is -0.135. The first kappa shape index (κ1) is 50.5. The molecular formula is C38H67N11O9S. The monoisotopic (exact) mass is 853 g/mol. The fourth-order valence-corrected chi connectivity index (χ4v) is 8.00. The molecule has 10 atom stereocenters. The average Bonchev–Trinajstić information content (AvgIpc) is 3.79.